The first-order valence-corrected chi connectivity index (χ1v) is 10.7. The number of hydrogen-bond acceptors (Lipinski definition) is 5. The number of hydrogen-bond donors (Lipinski definition) is 2. The van der Waals surface area contributed by atoms with E-state index in [-0.39, 0.29) is 24.0 Å². The highest BCUT2D eigenvalue weighted by Gasteiger charge is 2.22. The Morgan fingerprint density at radius 2 is 2.07 bits per heavy atom. The Balaban J connectivity index is 0.00000364. The van der Waals surface area contributed by atoms with Crippen LogP contribution in [-0.4, -0.2) is 68.3 Å². The van der Waals surface area contributed by atoms with Gasteiger partial charge in [-0.05, 0) is 18.8 Å². The third-order valence-corrected chi connectivity index (χ3v) is 5.65. The molecule has 6 nitrogen and oxygen atoms in total. The summed E-state index contributed by atoms with van der Waals surface area (Å²) in [5.74, 6) is 1.55. The standard InChI is InChI=1S/C19H35N5OS.HI/c1-5-18-23-16(14-26-18)6-7-21-19(20-4)22-13-17(12-15(2)3)24-8-10-25-11-9-24;/h14-15,17H,5-13H2,1-4H3,(H2,20,21,22);1H. The largest absolute Gasteiger partial charge is 0.379 e. The van der Waals surface area contributed by atoms with Crippen molar-refractivity contribution in [3.63, 3.8) is 0 Å². The Hall–Kier alpha value is -0.450. The topological polar surface area (TPSA) is 61.8 Å². The van der Waals surface area contributed by atoms with Crippen molar-refractivity contribution in [2.45, 2.75) is 46.1 Å². The average molecular weight is 510 g/mol. The fourth-order valence-corrected chi connectivity index (χ4v) is 4.00. The number of aryl methyl sites for hydroxylation is 1. The van der Waals surface area contributed by atoms with Crippen molar-refractivity contribution >= 4 is 41.3 Å². The van der Waals surface area contributed by atoms with Gasteiger partial charge in [0.1, 0.15) is 0 Å². The molecular weight excluding hydrogens is 473 g/mol. The molecule has 1 aromatic rings. The highest BCUT2D eigenvalue weighted by molar-refractivity contribution is 14.0. The van der Waals surface area contributed by atoms with Gasteiger partial charge in [0.25, 0.3) is 0 Å². The van der Waals surface area contributed by atoms with E-state index < -0.39 is 0 Å². The van der Waals surface area contributed by atoms with Crippen molar-refractivity contribution < 1.29 is 4.74 Å². The van der Waals surface area contributed by atoms with Crippen molar-refractivity contribution in [1.82, 2.24) is 20.5 Å². The molecule has 8 heteroatoms. The van der Waals surface area contributed by atoms with E-state index in [0.717, 1.165) is 58.2 Å². The fourth-order valence-electron chi connectivity index (χ4n) is 3.22. The highest BCUT2D eigenvalue weighted by Crippen LogP contribution is 2.13. The van der Waals surface area contributed by atoms with Gasteiger partial charge in [-0.3, -0.25) is 9.89 Å². The van der Waals surface area contributed by atoms with Gasteiger partial charge in [0.2, 0.25) is 0 Å². The molecule has 0 spiro atoms. The Bertz CT molecular complexity index is 546. The molecule has 0 saturated carbocycles. The van der Waals surface area contributed by atoms with Gasteiger partial charge in [-0.2, -0.15) is 0 Å². The Labute approximate surface area is 185 Å². The van der Waals surface area contributed by atoms with E-state index in [9.17, 15) is 0 Å². The summed E-state index contributed by atoms with van der Waals surface area (Å²) in [6.07, 6.45) is 3.12. The number of guanidine groups is 1. The van der Waals surface area contributed by atoms with Gasteiger partial charge in [-0.1, -0.05) is 20.8 Å². The van der Waals surface area contributed by atoms with Crippen molar-refractivity contribution in [2.24, 2.45) is 10.9 Å². The van der Waals surface area contributed by atoms with Crippen LogP contribution < -0.4 is 10.6 Å². The lowest BCUT2D eigenvalue weighted by Gasteiger charge is -2.35. The third kappa shape index (κ3) is 9.06. The number of nitrogens with one attached hydrogen (secondary N) is 2. The molecule has 0 aromatic carbocycles. The smallest absolute Gasteiger partial charge is 0.191 e. The second-order valence-electron chi connectivity index (χ2n) is 7.15. The molecule has 1 aliphatic heterocycles. The van der Waals surface area contributed by atoms with Gasteiger partial charge >= 0.3 is 0 Å². The molecule has 1 fully saturated rings. The number of thiazole rings is 1. The quantitative estimate of drug-likeness (QED) is 0.305. The number of halogens is 1. The molecule has 2 heterocycles. The molecule has 156 valence electrons. The summed E-state index contributed by atoms with van der Waals surface area (Å²) < 4.78 is 5.50. The summed E-state index contributed by atoms with van der Waals surface area (Å²) in [5.41, 5.74) is 1.17. The Kier molecular flexibility index (Phi) is 12.5. The molecule has 0 amide bonds. The first kappa shape index (κ1) is 24.6. The number of nitrogens with zero attached hydrogens (tertiary/aromatic N) is 3. The van der Waals surface area contributed by atoms with E-state index >= 15 is 0 Å². The van der Waals surface area contributed by atoms with Crippen LogP contribution in [-0.2, 0) is 17.6 Å². The summed E-state index contributed by atoms with van der Waals surface area (Å²) in [4.78, 5) is 11.5. The molecular formula is C19H36IN5OS. The molecule has 27 heavy (non-hydrogen) atoms. The summed E-state index contributed by atoms with van der Waals surface area (Å²) in [7, 11) is 1.83. The number of aliphatic imine (C=N–C) groups is 1. The van der Waals surface area contributed by atoms with Crippen molar-refractivity contribution in [2.75, 3.05) is 46.4 Å². The lowest BCUT2D eigenvalue weighted by atomic mass is 10.0. The summed E-state index contributed by atoms with van der Waals surface area (Å²) in [6, 6.07) is 0.517. The monoisotopic (exact) mass is 509 g/mol. The van der Waals surface area contributed by atoms with Crippen molar-refractivity contribution in [3.05, 3.63) is 16.1 Å². The van der Waals surface area contributed by atoms with Gasteiger partial charge < -0.3 is 15.4 Å². The third-order valence-electron chi connectivity index (χ3n) is 4.61. The molecule has 2 rings (SSSR count). The minimum absolute atomic E-state index is 0. The van der Waals surface area contributed by atoms with Gasteiger partial charge in [0.15, 0.2) is 5.96 Å². The van der Waals surface area contributed by atoms with E-state index in [0.29, 0.717) is 12.0 Å². The maximum absolute atomic E-state index is 5.50. The first-order valence-electron chi connectivity index (χ1n) is 9.82. The molecule has 2 N–H and O–H groups in total. The van der Waals surface area contributed by atoms with Crippen molar-refractivity contribution in [3.8, 4) is 0 Å². The lowest BCUT2D eigenvalue weighted by molar-refractivity contribution is 0.0132. The molecule has 1 aliphatic rings. The van der Waals surface area contributed by atoms with Gasteiger partial charge in [0, 0.05) is 51.1 Å². The van der Waals surface area contributed by atoms with Crippen LogP contribution in [0.3, 0.4) is 0 Å². The minimum Gasteiger partial charge on any atom is -0.379 e. The van der Waals surface area contributed by atoms with E-state index in [1.807, 2.05) is 7.05 Å². The van der Waals surface area contributed by atoms with Crippen LogP contribution in [0.1, 0.15) is 37.9 Å². The second kappa shape index (κ2) is 13.7. The molecule has 0 aliphatic carbocycles. The van der Waals surface area contributed by atoms with Crippen LogP contribution in [0.4, 0.5) is 0 Å². The Morgan fingerprint density at radius 3 is 2.67 bits per heavy atom. The van der Waals surface area contributed by atoms with Gasteiger partial charge in [-0.25, -0.2) is 4.98 Å². The summed E-state index contributed by atoms with van der Waals surface area (Å²) in [5, 5.41) is 10.3. The molecule has 0 radical (unpaired) electrons. The van der Waals surface area contributed by atoms with Crippen LogP contribution in [0.5, 0.6) is 0 Å². The van der Waals surface area contributed by atoms with Gasteiger partial charge in [0.05, 0.1) is 23.9 Å². The van der Waals surface area contributed by atoms with Crippen LogP contribution in [0.25, 0.3) is 0 Å². The van der Waals surface area contributed by atoms with E-state index in [1.165, 1.54) is 17.1 Å². The summed E-state index contributed by atoms with van der Waals surface area (Å²) in [6.45, 7) is 12.2. The molecule has 0 bridgehead atoms. The van der Waals surface area contributed by atoms with Crippen LogP contribution in [0.15, 0.2) is 10.4 Å². The predicted octanol–water partition coefficient (Wildman–Crippen LogP) is 2.78. The van der Waals surface area contributed by atoms with Gasteiger partial charge in [-0.15, -0.1) is 35.3 Å². The number of rotatable bonds is 9. The van der Waals surface area contributed by atoms with Crippen molar-refractivity contribution in [1.29, 1.82) is 0 Å². The minimum atomic E-state index is 0. The Morgan fingerprint density at radius 1 is 1.33 bits per heavy atom. The zero-order valence-corrected chi connectivity index (χ0v) is 20.3. The summed E-state index contributed by atoms with van der Waals surface area (Å²) >= 11 is 1.75. The maximum Gasteiger partial charge on any atom is 0.191 e. The molecule has 1 saturated heterocycles. The average Bonchev–Trinajstić information content (AvgIpc) is 3.11. The molecule has 1 atom stereocenters. The maximum atomic E-state index is 5.50. The second-order valence-corrected chi connectivity index (χ2v) is 8.09. The zero-order valence-electron chi connectivity index (χ0n) is 17.2. The number of aromatic nitrogens is 1. The van der Waals surface area contributed by atoms with E-state index in [2.05, 4.69) is 51.7 Å². The normalized spacial score (nSPS) is 16.9. The van der Waals surface area contributed by atoms with E-state index in [4.69, 9.17) is 4.74 Å². The highest BCUT2D eigenvalue weighted by atomic mass is 127. The zero-order chi connectivity index (χ0) is 18.8. The van der Waals surface area contributed by atoms with E-state index in [1.54, 1.807) is 11.3 Å². The van der Waals surface area contributed by atoms with Crippen LogP contribution in [0, 0.1) is 5.92 Å². The number of ether oxygens (including phenoxy) is 1. The van der Waals surface area contributed by atoms with Crippen LogP contribution in [0.2, 0.25) is 0 Å². The number of morpholine rings is 1. The fraction of sp³-hybridized carbons (Fsp3) is 0.789. The lowest BCUT2D eigenvalue weighted by Crippen LogP contribution is -2.51. The predicted molar refractivity (Wildman–Crippen MR) is 126 cm³/mol. The molecule has 1 unspecified atom stereocenters. The first-order chi connectivity index (χ1) is 12.6. The van der Waals surface area contributed by atoms with Crippen LogP contribution >= 0.6 is 35.3 Å². The molecule has 1 aromatic heterocycles. The SMILES string of the molecule is CCc1nc(CCNC(=NC)NCC(CC(C)C)N2CCOCC2)cs1.I.